The number of hydrogen-bond acceptors (Lipinski definition) is 5. The van der Waals surface area contributed by atoms with E-state index >= 15 is 0 Å². The van der Waals surface area contributed by atoms with E-state index in [2.05, 4.69) is 0 Å². The van der Waals surface area contributed by atoms with Gasteiger partial charge in [-0.25, -0.2) is 0 Å². The second-order valence-electron chi connectivity index (χ2n) is 4.89. The van der Waals surface area contributed by atoms with Crippen molar-refractivity contribution in [3.63, 3.8) is 0 Å². The van der Waals surface area contributed by atoms with Crippen LogP contribution in [0.25, 0.3) is 0 Å². The standard InChI is InChI=1S/C12H24N2O4/c1-14(7-10(15)8-17-2)11(16)12(9-13)3-5-18-6-4-12/h10,15H,3-9,13H2,1-2H3. The minimum atomic E-state index is -0.668. The summed E-state index contributed by atoms with van der Waals surface area (Å²) in [5.41, 5.74) is 5.25. The normalized spacial score (nSPS) is 20.4. The second kappa shape index (κ2) is 7.04. The molecule has 1 atom stereocenters. The van der Waals surface area contributed by atoms with Gasteiger partial charge in [0.05, 0.1) is 18.1 Å². The van der Waals surface area contributed by atoms with Crippen LogP contribution in [0.1, 0.15) is 12.8 Å². The van der Waals surface area contributed by atoms with Crippen LogP contribution in [0.15, 0.2) is 0 Å². The molecule has 6 heteroatoms. The van der Waals surface area contributed by atoms with Gasteiger partial charge in [0.2, 0.25) is 5.91 Å². The lowest BCUT2D eigenvalue weighted by atomic mass is 9.79. The maximum absolute atomic E-state index is 12.4. The van der Waals surface area contributed by atoms with Crippen LogP contribution in [0.4, 0.5) is 0 Å². The number of hydrogen-bond donors (Lipinski definition) is 2. The molecule has 0 aliphatic carbocycles. The fraction of sp³-hybridized carbons (Fsp3) is 0.917. The van der Waals surface area contributed by atoms with Crippen molar-refractivity contribution in [2.24, 2.45) is 11.1 Å². The monoisotopic (exact) mass is 260 g/mol. The molecule has 0 saturated carbocycles. The number of nitrogens with two attached hydrogens (primary N) is 1. The molecule has 1 heterocycles. The number of amides is 1. The van der Waals surface area contributed by atoms with E-state index in [9.17, 15) is 9.90 Å². The molecule has 1 aliphatic heterocycles. The first-order valence-corrected chi connectivity index (χ1v) is 6.26. The van der Waals surface area contributed by atoms with Gasteiger partial charge in [-0.1, -0.05) is 0 Å². The van der Waals surface area contributed by atoms with Crippen molar-refractivity contribution in [3.05, 3.63) is 0 Å². The molecule has 1 saturated heterocycles. The van der Waals surface area contributed by atoms with Crippen molar-refractivity contribution in [3.8, 4) is 0 Å². The van der Waals surface area contributed by atoms with Gasteiger partial charge in [-0.15, -0.1) is 0 Å². The molecule has 3 N–H and O–H groups in total. The van der Waals surface area contributed by atoms with Crippen molar-refractivity contribution in [1.82, 2.24) is 4.90 Å². The maximum Gasteiger partial charge on any atom is 0.230 e. The fourth-order valence-corrected chi connectivity index (χ4v) is 2.32. The third-order valence-electron chi connectivity index (χ3n) is 3.48. The number of carbonyl (C=O) groups is 1. The van der Waals surface area contributed by atoms with Gasteiger partial charge in [0.25, 0.3) is 0 Å². The highest BCUT2D eigenvalue weighted by Crippen LogP contribution is 2.31. The summed E-state index contributed by atoms with van der Waals surface area (Å²) >= 11 is 0. The third-order valence-corrected chi connectivity index (χ3v) is 3.48. The summed E-state index contributed by atoms with van der Waals surface area (Å²) in [4.78, 5) is 14.0. The summed E-state index contributed by atoms with van der Waals surface area (Å²) in [5, 5.41) is 9.65. The maximum atomic E-state index is 12.4. The van der Waals surface area contributed by atoms with Gasteiger partial charge in [-0.05, 0) is 12.8 Å². The van der Waals surface area contributed by atoms with Crippen LogP contribution in [0.2, 0.25) is 0 Å². The van der Waals surface area contributed by atoms with Crippen molar-refractivity contribution < 1.29 is 19.4 Å². The van der Waals surface area contributed by atoms with E-state index < -0.39 is 11.5 Å². The van der Waals surface area contributed by atoms with Crippen LogP contribution in [0.5, 0.6) is 0 Å². The van der Waals surface area contributed by atoms with E-state index in [0.29, 0.717) is 32.6 Å². The highest BCUT2D eigenvalue weighted by atomic mass is 16.5. The average molecular weight is 260 g/mol. The number of nitrogens with zero attached hydrogens (tertiary/aromatic N) is 1. The number of aliphatic hydroxyl groups excluding tert-OH is 1. The van der Waals surface area contributed by atoms with E-state index in [-0.39, 0.29) is 19.1 Å². The Labute approximate surface area is 108 Å². The third kappa shape index (κ3) is 3.65. The van der Waals surface area contributed by atoms with Crippen LogP contribution < -0.4 is 5.73 Å². The zero-order valence-corrected chi connectivity index (χ0v) is 11.2. The zero-order valence-electron chi connectivity index (χ0n) is 11.2. The predicted octanol–water partition coefficient (Wildman–Crippen LogP) is -0.792. The van der Waals surface area contributed by atoms with Crippen LogP contribution in [0.3, 0.4) is 0 Å². The lowest BCUT2D eigenvalue weighted by Crippen LogP contribution is -2.51. The Kier molecular flexibility index (Phi) is 6.01. The summed E-state index contributed by atoms with van der Waals surface area (Å²) < 4.78 is 10.1. The van der Waals surface area contributed by atoms with Crippen molar-refractivity contribution >= 4 is 5.91 Å². The summed E-state index contributed by atoms with van der Waals surface area (Å²) in [6.45, 7) is 1.93. The van der Waals surface area contributed by atoms with Crippen LogP contribution >= 0.6 is 0 Å². The number of ether oxygens (including phenoxy) is 2. The van der Waals surface area contributed by atoms with Gasteiger partial charge in [0.1, 0.15) is 0 Å². The summed E-state index contributed by atoms with van der Waals surface area (Å²) in [6.07, 6.45) is 0.624. The summed E-state index contributed by atoms with van der Waals surface area (Å²) in [6, 6.07) is 0. The molecule has 106 valence electrons. The van der Waals surface area contributed by atoms with Gasteiger partial charge in [-0.2, -0.15) is 0 Å². The largest absolute Gasteiger partial charge is 0.389 e. The summed E-state index contributed by atoms with van der Waals surface area (Å²) in [5.74, 6) is -0.0107. The summed E-state index contributed by atoms with van der Waals surface area (Å²) in [7, 11) is 3.21. The minimum absolute atomic E-state index is 0.0107. The molecule has 1 rings (SSSR count). The minimum Gasteiger partial charge on any atom is -0.389 e. The Morgan fingerprint density at radius 3 is 2.67 bits per heavy atom. The Balaban J connectivity index is 2.59. The molecule has 0 bridgehead atoms. The fourth-order valence-electron chi connectivity index (χ4n) is 2.32. The Hall–Kier alpha value is -0.690. The highest BCUT2D eigenvalue weighted by Gasteiger charge is 2.40. The van der Waals surface area contributed by atoms with Gasteiger partial charge < -0.3 is 25.2 Å². The van der Waals surface area contributed by atoms with E-state index in [1.54, 1.807) is 11.9 Å². The van der Waals surface area contributed by atoms with E-state index in [1.807, 2.05) is 0 Å². The molecule has 1 fully saturated rings. The first-order valence-electron chi connectivity index (χ1n) is 6.26. The topological polar surface area (TPSA) is 85.0 Å². The van der Waals surface area contributed by atoms with E-state index in [1.165, 1.54) is 7.11 Å². The van der Waals surface area contributed by atoms with Crippen LogP contribution in [0, 0.1) is 5.41 Å². The number of carbonyl (C=O) groups excluding carboxylic acids is 1. The van der Waals surface area contributed by atoms with Gasteiger partial charge >= 0.3 is 0 Å². The molecule has 0 aromatic rings. The molecular formula is C12H24N2O4. The Morgan fingerprint density at radius 1 is 1.56 bits per heavy atom. The quantitative estimate of drug-likeness (QED) is 0.653. The SMILES string of the molecule is COCC(O)CN(C)C(=O)C1(CN)CCOCC1. The van der Waals surface area contributed by atoms with E-state index in [0.717, 1.165) is 0 Å². The van der Waals surface area contributed by atoms with Crippen molar-refractivity contribution in [2.45, 2.75) is 18.9 Å². The van der Waals surface area contributed by atoms with Gasteiger partial charge in [0.15, 0.2) is 0 Å². The number of rotatable bonds is 6. The molecule has 1 aliphatic rings. The molecule has 0 aromatic carbocycles. The van der Waals surface area contributed by atoms with Gasteiger partial charge in [0, 0.05) is 40.5 Å². The molecule has 6 nitrogen and oxygen atoms in total. The lowest BCUT2D eigenvalue weighted by Gasteiger charge is -2.38. The Morgan fingerprint density at radius 2 is 2.17 bits per heavy atom. The number of aliphatic hydroxyl groups is 1. The smallest absolute Gasteiger partial charge is 0.230 e. The first kappa shape index (κ1) is 15.4. The number of likely N-dealkylation sites (N-methyl/N-ethyl adjacent to an activating group) is 1. The molecule has 1 unspecified atom stereocenters. The van der Waals surface area contributed by atoms with Crippen molar-refractivity contribution in [1.29, 1.82) is 0 Å². The molecule has 0 radical (unpaired) electrons. The molecule has 0 aromatic heterocycles. The van der Waals surface area contributed by atoms with E-state index in [4.69, 9.17) is 15.2 Å². The zero-order chi connectivity index (χ0) is 13.6. The lowest BCUT2D eigenvalue weighted by molar-refractivity contribution is -0.147. The van der Waals surface area contributed by atoms with Gasteiger partial charge in [-0.3, -0.25) is 4.79 Å². The second-order valence-corrected chi connectivity index (χ2v) is 4.89. The number of methoxy groups -OCH3 is 1. The molecular weight excluding hydrogens is 236 g/mol. The highest BCUT2D eigenvalue weighted by molar-refractivity contribution is 5.83. The average Bonchev–Trinajstić information content (AvgIpc) is 2.38. The Bertz CT molecular complexity index is 267. The molecule has 1 amide bonds. The molecule has 0 spiro atoms. The van der Waals surface area contributed by atoms with Crippen molar-refractivity contribution in [2.75, 3.05) is 47.1 Å². The van der Waals surface area contributed by atoms with Crippen LogP contribution in [-0.4, -0.2) is 69.1 Å². The molecule has 18 heavy (non-hydrogen) atoms. The van der Waals surface area contributed by atoms with Crippen LogP contribution in [-0.2, 0) is 14.3 Å². The predicted molar refractivity (Wildman–Crippen MR) is 67.1 cm³/mol. The first-order chi connectivity index (χ1) is 8.55.